The molecule has 4 rings (SSSR count). The molecule has 0 aliphatic carbocycles. The lowest BCUT2D eigenvalue weighted by Gasteiger charge is -2.26. The number of methoxy groups -OCH3 is 1. The van der Waals surface area contributed by atoms with Gasteiger partial charge in [0.2, 0.25) is 0 Å². The van der Waals surface area contributed by atoms with E-state index in [2.05, 4.69) is 10.2 Å². The van der Waals surface area contributed by atoms with Crippen LogP contribution in [-0.4, -0.2) is 46.4 Å². The van der Waals surface area contributed by atoms with Gasteiger partial charge in [-0.1, -0.05) is 35.9 Å². The van der Waals surface area contributed by atoms with Crippen LogP contribution in [0.15, 0.2) is 42.5 Å². The number of rotatable bonds is 5. The van der Waals surface area contributed by atoms with Crippen LogP contribution >= 0.6 is 0 Å². The molecule has 1 aromatic heterocycles. The van der Waals surface area contributed by atoms with E-state index in [4.69, 9.17) is 4.74 Å². The highest BCUT2D eigenvalue weighted by Gasteiger charge is 2.42. The second-order valence-corrected chi connectivity index (χ2v) is 7.19. The van der Waals surface area contributed by atoms with Gasteiger partial charge in [0.25, 0.3) is 5.91 Å². The molecule has 1 amide bonds. The van der Waals surface area contributed by atoms with Crippen LogP contribution in [0.3, 0.4) is 0 Å². The summed E-state index contributed by atoms with van der Waals surface area (Å²) in [6.45, 7) is 4.86. The van der Waals surface area contributed by atoms with E-state index in [0.717, 1.165) is 22.3 Å². The van der Waals surface area contributed by atoms with Crippen LogP contribution in [0, 0.1) is 13.8 Å². The van der Waals surface area contributed by atoms with Crippen LogP contribution in [0.1, 0.15) is 38.8 Å². The van der Waals surface area contributed by atoms with E-state index < -0.39 is 0 Å². The number of aromatic amines is 1. The molecule has 2 aromatic carbocycles. The summed E-state index contributed by atoms with van der Waals surface area (Å²) in [4.78, 5) is 14.9. The maximum Gasteiger partial charge on any atom is 0.273 e. The van der Waals surface area contributed by atoms with E-state index in [1.807, 2.05) is 50.2 Å². The van der Waals surface area contributed by atoms with Crippen molar-refractivity contribution in [2.45, 2.75) is 19.9 Å². The minimum absolute atomic E-state index is 0.108. The lowest BCUT2D eigenvalue weighted by atomic mass is 9.95. The highest BCUT2D eigenvalue weighted by Crippen LogP contribution is 2.44. The molecule has 0 saturated carbocycles. The van der Waals surface area contributed by atoms with E-state index in [0.29, 0.717) is 30.1 Å². The highest BCUT2D eigenvalue weighted by molar-refractivity contribution is 6.00. The first kappa shape index (κ1) is 18.3. The van der Waals surface area contributed by atoms with E-state index in [1.165, 1.54) is 0 Å². The summed E-state index contributed by atoms with van der Waals surface area (Å²) in [7, 11) is 1.62. The van der Waals surface area contributed by atoms with Gasteiger partial charge in [0.15, 0.2) is 0 Å². The first-order valence-electron chi connectivity index (χ1n) is 9.26. The largest absolute Gasteiger partial charge is 0.507 e. The molecule has 1 aliphatic heterocycles. The number of nitrogens with one attached hydrogen (secondary N) is 1. The third kappa shape index (κ3) is 2.96. The summed E-state index contributed by atoms with van der Waals surface area (Å²) >= 11 is 0. The second-order valence-electron chi connectivity index (χ2n) is 7.19. The van der Waals surface area contributed by atoms with E-state index in [9.17, 15) is 9.90 Å². The maximum absolute atomic E-state index is 13.1. The monoisotopic (exact) mass is 377 g/mol. The number of hydrogen-bond donors (Lipinski definition) is 2. The summed E-state index contributed by atoms with van der Waals surface area (Å²) in [6.07, 6.45) is 0. The number of carbonyl (C=O) groups is 1. The fourth-order valence-electron chi connectivity index (χ4n) is 3.76. The van der Waals surface area contributed by atoms with Gasteiger partial charge in [0.1, 0.15) is 17.1 Å². The van der Waals surface area contributed by atoms with Gasteiger partial charge in [0.05, 0.1) is 12.6 Å². The predicted molar refractivity (Wildman–Crippen MR) is 106 cm³/mol. The Morgan fingerprint density at radius 3 is 2.54 bits per heavy atom. The van der Waals surface area contributed by atoms with Crippen molar-refractivity contribution in [1.29, 1.82) is 0 Å². The molecular formula is C22H23N3O3. The number of aromatic nitrogens is 2. The lowest BCUT2D eigenvalue weighted by Crippen LogP contribution is -2.32. The SMILES string of the molecule is COCCN1C(=O)c2[nH]nc(-c3ccc(C)cc3O)c2[C@@H]1c1ccc(C)cc1. The molecule has 2 heterocycles. The minimum Gasteiger partial charge on any atom is -0.507 e. The number of nitrogens with zero attached hydrogens (tertiary/aromatic N) is 2. The van der Waals surface area contributed by atoms with Crippen molar-refractivity contribution < 1.29 is 14.6 Å². The van der Waals surface area contributed by atoms with Crippen molar-refractivity contribution in [3.63, 3.8) is 0 Å². The van der Waals surface area contributed by atoms with E-state index >= 15 is 0 Å². The molecule has 6 nitrogen and oxygen atoms in total. The molecule has 6 heteroatoms. The Balaban J connectivity index is 1.88. The number of fused-ring (bicyclic) bond motifs is 1. The number of phenols is 1. The van der Waals surface area contributed by atoms with E-state index in [-0.39, 0.29) is 17.7 Å². The third-order valence-corrected chi connectivity index (χ3v) is 5.20. The van der Waals surface area contributed by atoms with Gasteiger partial charge < -0.3 is 14.7 Å². The number of carbonyl (C=O) groups excluding carboxylic acids is 1. The molecule has 1 aliphatic rings. The van der Waals surface area contributed by atoms with Gasteiger partial charge >= 0.3 is 0 Å². The number of aryl methyl sites for hydroxylation is 2. The quantitative estimate of drug-likeness (QED) is 0.712. The number of hydrogen-bond acceptors (Lipinski definition) is 4. The van der Waals surface area contributed by atoms with Gasteiger partial charge in [-0.25, -0.2) is 0 Å². The molecule has 3 aromatic rings. The molecule has 2 N–H and O–H groups in total. The smallest absolute Gasteiger partial charge is 0.273 e. The first-order valence-corrected chi connectivity index (χ1v) is 9.26. The number of ether oxygens (including phenoxy) is 1. The zero-order valence-corrected chi connectivity index (χ0v) is 16.2. The van der Waals surface area contributed by atoms with Crippen LogP contribution < -0.4 is 0 Å². The molecule has 0 spiro atoms. The Kier molecular flexibility index (Phi) is 4.65. The highest BCUT2D eigenvalue weighted by atomic mass is 16.5. The maximum atomic E-state index is 13.1. The minimum atomic E-state index is -0.285. The summed E-state index contributed by atoms with van der Waals surface area (Å²) in [5.41, 5.74) is 5.60. The van der Waals surface area contributed by atoms with Crippen LogP contribution in [0.2, 0.25) is 0 Å². The second kappa shape index (κ2) is 7.13. The Morgan fingerprint density at radius 1 is 1.14 bits per heavy atom. The van der Waals surface area contributed by atoms with Gasteiger partial charge in [-0.15, -0.1) is 0 Å². The Morgan fingerprint density at radius 2 is 1.86 bits per heavy atom. The fourth-order valence-corrected chi connectivity index (χ4v) is 3.76. The summed E-state index contributed by atoms with van der Waals surface area (Å²) < 4.78 is 5.22. The molecule has 0 fully saturated rings. The number of benzene rings is 2. The predicted octanol–water partition coefficient (Wildman–Crippen LogP) is 3.59. The molecular weight excluding hydrogens is 354 g/mol. The third-order valence-electron chi connectivity index (χ3n) is 5.20. The topological polar surface area (TPSA) is 78.5 Å². The molecule has 0 radical (unpaired) electrons. The van der Waals surface area contributed by atoms with Gasteiger partial charge in [0, 0.05) is 24.8 Å². The number of aromatic hydroxyl groups is 1. The van der Waals surface area contributed by atoms with E-state index in [1.54, 1.807) is 18.1 Å². The van der Waals surface area contributed by atoms with Crippen LogP contribution in [0.25, 0.3) is 11.3 Å². The lowest BCUT2D eigenvalue weighted by molar-refractivity contribution is 0.0677. The van der Waals surface area contributed by atoms with Crippen molar-refractivity contribution in [1.82, 2.24) is 15.1 Å². The summed E-state index contributed by atoms with van der Waals surface area (Å²) in [5.74, 6) is 0.0442. The molecule has 0 bridgehead atoms. The van der Waals surface area contributed by atoms with Crippen LogP contribution in [0.5, 0.6) is 5.75 Å². The van der Waals surface area contributed by atoms with Crippen molar-refractivity contribution in [3.8, 4) is 17.0 Å². The Hall–Kier alpha value is -3.12. The van der Waals surface area contributed by atoms with Gasteiger partial charge in [-0.2, -0.15) is 5.10 Å². The first-order chi connectivity index (χ1) is 13.5. The normalized spacial score (nSPS) is 15.9. The van der Waals surface area contributed by atoms with Gasteiger partial charge in [-0.3, -0.25) is 9.89 Å². The Labute approximate surface area is 163 Å². The number of H-pyrrole nitrogens is 1. The summed E-state index contributed by atoms with van der Waals surface area (Å²) in [5, 5.41) is 17.8. The number of phenolic OH excluding ortho intramolecular Hbond substituents is 1. The van der Waals surface area contributed by atoms with Crippen LogP contribution in [0.4, 0.5) is 0 Å². The van der Waals surface area contributed by atoms with Crippen molar-refractivity contribution in [3.05, 3.63) is 70.4 Å². The molecule has 0 saturated heterocycles. The standard InChI is InChI=1S/C22H23N3O3/c1-13-4-7-15(8-5-13)21-18-19(16-9-6-14(2)12-17(16)26)23-24-20(18)22(27)25(21)10-11-28-3/h4-9,12,21,26H,10-11H2,1-3H3,(H,23,24)/t21-/m0/s1. The van der Waals surface area contributed by atoms with Crippen molar-refractivity contribution >= 4 is 5.91 Å². The molecule has 144 valence electrons. The summed E-state index contributed by atoms with van der Waals surface area (Å²) in [6, 6.07) is 13.3. The molecule has 28 heavy (non-hydrogen) atoms. The van der Waals surface area contributed by atoms with Gasteiger partial charge in [-0.05, 0) is 37.1 Å². The van der Waals surface area contributed by atoms with Crippen molar-refractivity contribution in [2.24, 2.45) is 0 Å². The average molecular weight is 377 g/mol. The Bertz CT molecular complexity index is 1020. The molecule has 0 unspecified atom stereocenters. The number of amides is 1. The van der Waals surface area contributed by atoms with Crippen molar-refractivity contribution in [2.75, 3.05) is 20.3 Å². The van der Waals surface area contributed by atoms with Crippen LogP contribution in [-0.2, 0) is 4.74 Å². The fraction of sp³-hybridized carbons (Fsp3) is 0.273. The zero-order valence-electron chi connectivity index (χ0n) is 16.2. The molecule has 1 atom stereocenters. The zero-order chi connectivity index (χ0) is 19.8. The average Bonchev–Trinajstić information content (AvgIpc) is 3.20.